The molecule has 1 fully saturated rings. The van der Waals surface area contributed by atoms with Crippen LogP contribution in [0.1, 0.15) is 18.4 Å². The third-order valence-electron chi connectivity index (χ3n) is 3.03. The van der Waals surface area contributed by atoms with Crippen molar-refractivity contribution in [3.05, 3.63) is 24.0 Å². The van der Waals surface area contributed by atoms with Crippen LogP contribution in [0.15, 0.2) is 18.5 Å². The second-order valence-electron chi connectivity index (χ2n) is 4.27. The number of nitrogens with zero attached hydrogens (tertiary/aromatic N) is 1. The quantitative estimate of drug-likeness (QED) is 0.778. The molecule has 2 heterocycles. The molecule has 0 radical (unpaired) electrons. The van der Waals surface area contributed by atoms with Crippen LogP contribution in [0.2, 0.25) is 0 Å². The van der Waals surface area contributed by atoms with Crippen LogP contribution in [-0.2, 0) is 6.42 Å². The standard InChI is InChI=1S/C12H21N3/c1(3-12-4-6-14-11-12)8-15-9-2-5-13-7-10-15/h4,6,11,13-14H,1-3,5,7-10H2. The third-order valence-corrected chi connectivity index (χ3v) is 3.03. The Morgan fingerprint density at radius 2 is 2.27 bits per heavy atom. The third kappa shape index (κ3) is 3.68. The van der Waals surface area contributed by atoms with Crippen molar-refractivity contribution in [2.45, 2.75) is 19.3 Å². The summed E-state index contributed by atoms with van der Waals surface area (Å²) >= 11 is 0. The molecule has 1 aliphatic heterocycles. The monoisotopic (exact) mass is 207 g/mol. The predicted molar refractivity (Wildman–Crippen MR) is 63.0 cm³/mol. The van der Waals surface area contributed by atoms with E-state index in [0.717, 1.165) is 6.54 Å². The number of nitrogens with one attached hydrogen (secondary N) is 2. The van der Waals surface area contributed by atoms with Crippen LogP contribution >= 0.6 is 0 Å². The van der Waals surface area contributed by atoms with Crippen molar-refractivity contribution in [2.24, 2.45) is 0 Å². The summed E-state index contributed by atoms with van der Waals surface area (Å²) in [5.41, 5.74) is 1.43. The number of H-pyrrole nitrogens is 1. The molecule has 0 atom stereocenters. The maximum absolute atomic E-state index is 3.43. The molecular formula is C12H21N3. The molecule has 0 unspecified atom stereocenters. The van der Waals surface area contributed by atoms with Crippen LogP contribution < -0.4 is 5.32 Å². The lowest BCUT2D eigenvalue weighted by molar-refractivity contribution is 0.289. The van der Waals surface area contributed by atoms with E-state index in [4.69, 9.17) is 0 Å². The minimum atomic E-state index is 1.16. The van der Waals surface area contributed by atoms with Crippen molar-refractivity contribution in [3.63, 3.8) is 0 Å². The fourth-order valence-electron chi connectivity index (χ4n) is 2.15. The van der Waals surface area contributed by atoms with Crippen molar-refractivity contribution >= 4 is 0 Å². The number of aromatic amines is 1. The lowest BCUT2D eigenvalue weighted by atomic mass is 10.2. The summed E-state index contributed by atoms with van der Waals surface area (Å²) in [6, 6.07) is 2.17. The van der Waals surface area contributed by atoms with E-state index < -0.39 is 0 Å². The van der Waals surface area contributed by atoms with Gasteiger partial charge in [-0.15, -0.1) is 0 Å². The molecule has 0 amide bonds. The lowest BCUT2D eigenvalue weighted by Gasteiger charge is -2.18. The zero-order valence-corrected chi connectivity index (χ0v) is 9.34. The molecule has 1 aromatic heterocycles. The van der Waals surface area contributed by atoms with Gasteiger partial charge < -0.3 is 15.2 Å². The van der Waals surface area contributed by atoms with Crippen LogP contribution in [0.25, 0.3) is 0 Å². The van der Waals surface area contributed by atoms with Crippen LogP contribution in [0.4, 0.5) is 0 Å². The smallest absolute Gasteiger partial charge is 0.0107 e. The van der Waals surface area contributed by atoms with Gasteiger partial charge in [0.15, 0.2) is 0 Å². The highest BCUT2D eigenvalue weighted by molar-refractivity contribution is 5.08. The summed E-state index contributed by atoms with van der Waals surface area (Å²) in [4.78, 5) is 5.68. The minimum absolute atomic E-state index is 1.16. The van der Waals surface area contributed by atoms with Gasteiger partial charge in [-0.2, -0.15) is 0 Å². The maximum Gasteiger partial charge on any atom is 0.0107 e. The SMILES string of the molecule is c1cc(CCCN2CCCNCC2)c[nH]1. The predicted octanol–water partition coefficient (Wildman–Crippen LogP) is 1.24. The molecule has 0 spiro atoms. The van der Waals surface area contributed by atoms with Gasteiger partial charge >= 0.3 is 0 Å². The molecule has 3 heteroatoms. The molecule has 2 N–H and O–H groups in total. The van der Waals surface area contributed by atoms with Gasteiger partial charge in [-0.1, -0.05) is 0 Å². The highest BCUT2D eigenvalue weighted by Gasteiger charge is 2.07. The molecule has 0 aliphatic carbocycles. The van der Waals surface area contributed by atoms with Crippen molar-refractivity contribution < 1.29 is 0 Å². The Morgan fingerprint density at radius 3 is 3.13 bits per heavy atom. The summed E-state index contributed by atoms with van der Waals surface area (Å²) < 4.78 is 0. The first-order chi connectivity index (χ1) is 7.45. The van der Waals surface area contributed by atoms with Gasteiger partial charge in [0.2, 0.25) is 0 Å². The Kier molecular flexibility index (Phi) is 4.23. The Labute approximate surface area is 91.9 Å². The molecule has 15 heavy (non-hydrogen) atoms. The number of hydrogen-bond donors (Lipinski definition) is 2. The zero-order chi connectivity index (χ0) is 10.3. The molecule has 3 nitrogen and oxygen atoms in total. The zero-order valence-electron chi connectivity index (χ0n) is 9.34. The van der Waals surface area contributed by atoms with E-state index in [1.54, 1.807) is 0 Å². The molecule has 1 saturated heterocycles. The lowest BCUT2D eigenvalue weighted by Crippen LogP contribution is -2.29. The van der Waals surface area contributed by atoms with E-state index in [0.29, 0.717) is 0 Å². The second kappa shape index (κ2) is 5.93. The average Bonchev–Trinajstić information content (AvgIpc) is 2.62. The molecule has 0 aromatic carbocycles. The van der Waals surface area contributed by atoms with E-state index in [1.807, 2.05) is 6.20 Å². The van der Waals surface area contributed by atoms with Gasteiger partial charge in [-0.05, 0) is 50.5 Å². The summed E-state index contributed by atoms with van der Waals surface area (Å²) in [7, 11) is 0. The molecule has 2 rings (SSSR count). The van der Waals surface area contributed by atoms with Gasteiger partial charge in [0.05, 0.1) is 0 Å². The summed E-state index contributed by atoms with van der Waals surface area (Å²) in [5.74, 6) is 0. The Bertz CT molecular complexity index is 248. The second-order valence-corrected chi connectivity index (χ2v) is 4.27. The average molecular weight is 207 g/mol. The minimum Gasteiger partial charge on any atom is -0.367 e. The van der Waals surface area contributed by atoms with Crippen LogP contribution in [0.3, 0.4) is 0 Å². The van der Waals surface area contributed by atoms with E-state index in [2.05, 4.69) is 27.5 Å². The van der Waals surface area contributed by atoms with E-state index in [1.165, 1.54) is 51.0 Å². The van der Waals surface area contributed by atoms with E-state index in [-0.39, 0.29) is 0 Å². The number of aromatic nitrogens is 1. The number of hydrogen-bond acceptors (Lipinski definition) is 2. The fraction of sp³-hybridized carbons (Fsp3) is 0.667. The first-order valence-electron chi connectivity index (χ1n) is 6.00. The van der Waals surface area contributed by atoms with Crippen molar-refractivity contribution in [1.29, 1.82) is 0 Å². The van der Waals surface area contributed by atoms with Gasteiger partial charge in [0.25, 0.3) is 0 Å². The Morgan fingerprint density at radius 1 is 1.27 bits per heavy atom. The van der Waals surface area contributed by atoms with Crippen LogP contribution in [0.5, 0.6) is 0 Å². The Balaban J connectivity index is 1.64. The molecule has 0 saturated carbocycles. The van der Waals surface area contributed by atoms with Crippen LogP contribution in [-0.4, -0.2) is 42.6 Å². The molecule has 1 aliphatic rings. The topological polar surface area (TPSA) is 31.1 Å². The van der Waals surface area contributed by atoms with Gasteiger partial charge in [-0.3, -0.25) is 0 Å². The highest BCUT2D eigenvalue weighted by Crippen LogP contribution is 2.03. The summed E-state index contributed by atoms with van der Waals surface area (Å²) in [6.07, 6.45) is 7.88. The largest absolute Gasteiger partial charge is 0.367 e. The fourth-order valence-corrected chi connectivity index (χ4v) is 2.15. The first kappa shape index (κ1) is 10.7. The van der Waals surface area contributed by atoms with Crippen molar-refractivity contribution in [2.75, 3.05) is 32.7 Å². The molecule has 0 bridgehead atoms. The molecule has 84 valence electrons. The van der Waals surface area contributed by atoms with Crippen molar-refractivity contribution in [1.82, 2.24) is 15.2 Å². The van der Waals surface area contributed by atoms with Gasteiger partial charge in [0, 0.05) is 25.5 Å². The molecular weight excluding hydrogens is 186 g/mol. The van der Waals surface area contributed by atoms with Crippen molar-refractivity contribution in [3.8, 4) is 0 Å². The maximum atomic E-state index is 3.43. The first-order valence-corrected chi connectivity index (χ1v) is 6.00. The van der Waals surface area contributed by atoms with E-state index in [9.17, 15) is 0 Å². The van der Waals surface area contributed by atoms with Crippen LogP contribution in [0, 0.1) is 0 Å². The summed E-state index contributed by atoms with van der Waals surface area (Å²) in [5, 5.41) is 3.43. The Hall–Kier alpha value is -0.800. The number of aryl methyl sites for hydroxylation is 1. The number of rotatable bonds is 4. The van der Waals surface area contributed by atoms with E-state index >= 15 is 0 Å². The highest BCUT2D eigenvalue weighted by atomic mass is 15.1. The normalized spacial score (nSPS) is 18.9. The van der Waals surface area contributed by atoms with Gasteiger partial charge in [-0.25, -0.2) is 0 Å². The summed E-state index contributed by atoms with van der Waals surface area (Å²) in [6.45, 7) is 6.07. The van der Waals surface area contributed by atoms with Gasteiger partial charge in [0.1, 0.15) is 0 Å². The molecule has 1 aromatic rings.